The Kier molecular flexibility index (Phi) is 3.31. The van der Waals surface area contributed by atoms with Gasteiger partial charge in [0.05, 0.1) is 13.1 Å². The lowest BCUT2D eigenvalue weighted by Crippen LogP contribution is -3.21. The zero-order chi connectivity index (χ0) is 9.90. The Morgan fingerprint density at radius 1 is 1.15 bits per heavy atom. The second-order valence-corrected chi connectivity index (χ2v) is 4.43. The van der Waals surface area contributed by atoms with Crippen LogP contribution in [0.15, 0.2) is 0 Å². The lowest BCUT2D eigenvalue weighted by molar-refractivity contribution is -0.940. The van der Waals surface area contributed by atoms with Crippen LogP contribution in [0.25, 0.3) is 0 Å². The summed E-state index contributed by atoms with van der Waals surface area (Å²) in [6.07, 6.45) is 4.78. The smallest absolute Gasteiger partial charge is 0.132 e. The number of hydrogen-bond acceptors (Lipinski definition) is 2. The molecule has 0 aromatic rings. The molecule has 1 aliphatic rings. The third-order valence-corrected chi connectivity index (χ3v) is 3.10. The van der Waals surface area contributed by atoms with E-state index in [2.05, 4.69) is 0 Å². The molecule has 0 unspecified atom stereocenters. The van der Waals surface area contributed by atoms with Crippen LogP contribution in [0.5, 0.6) is 0 Å². The third-order valence-electron chi connectivity index (χ3n) is 3.10. The number of quaternary nitrogens is 1. The number of likely N-dealkylation sites (tertiary alicyclic amines) is 1. The van der Waals surface area contributed by atoms with E-state index in [1.54, 1.807) is 13.8 Å². The van der Waals surface area contributed by atoms with Crippen LogP contribution in [0, 0.1) is 0 Å². The van der Waals surface area contributed by atoms with Gasteiger partial charge in [-0.05, 0) is 39.5 Å². The monoisotopic (exact) mass is 185 g/mol. The number of carbonyl (C=O) groups excluding carboxylic acids is 1. The average molecular weight is 185 g/mol. The van der Waals surface area contributed by atoms with Crippen LogP contribution in [0.2, 0.25) is 0 Å². The highest BCUT2D eigenvalue weighted by atomic mass is 16.4. The number of carbonyl (C=O) groups is 1. The Bertz CT molecular complexity index is 181. The first-order valence-corrected chi connectivity index (χ1v) is 5.12. The van der Waals surface area contributed by atoms with E-state index in [9.17, 15) is 9.90 Å². The van der Waals surface area contributed by atoms with E-state index in [1.165, 1.54) is 17.7 Å². The van der Waals surface area contributed by atoms with Gasteiger partial charge in [0.1, 0.15) is 11.5 Å². The van der Waals surface area contributed by atoms with Crippen LogP contribution >= 0.6 is 0 Å². The summed E-state index contributed by atoms with van der Waals surface area (Å²) in [5.74, 6) is -0.926. The average Bonchev–Trinajstić information content (AvgIpc) is 2.31. The Morgan fingerprint density at radius 3 is 2.00 bits per heavy atom. The summed E-state index contributed by atoms with van der Waals surface area (Å²) < 4.78 is 0. The number of rotatable bonds is 2. The molecule has 3 nitrogen and oxygen atoms in total. The van der Waals surface area contributed by atoms with Crippen LogP contribution in [-0.4, -0.2) is 24.6 Å². The first kappa shape index (κ1) is 10.5. The second-order valence-electron chi connectivity index (χ2n) is 4.43. The molecule has 1 heterocycles. The molecule has 76 valence electrons. The highest BCUT2D eigenvalue weighted by Crippen LogP contribution is 2.03. The van der Waals surface area contributed by atoms with E-state index in [0.29, 0.717) is 0 Å². The van der Waals surface area contributed by atoms with Crippen LogP contribution in [-0.2, 0) is 4.79 Å². The number of hydrogen-bond donors (Lipinski definition) is 1. The zero-order valence-corrected chi connectivity index (χ0v) is 8.56. The van der Waals surface area contributed by atoms with Crippen molar-refractivity contribution in [2.75, 3.05) is 13.1 Å². The Hall–Kier alpha value is -0.570. The van der Waals surface area contributed by atoms with Crippen molar-refractivity contribution in [2.45, 2.75) is 45.1 Å². The first-order chi connectivity index (χ1) is 6.05. The lowest BCUT2D eigenvalue weighted by atomic mass is 10.0. The van der Waals surface area contributed by atoms with Crippen LogP contribution < -0.4 is 10.0 Å². The highest BCUT2D eigenvalue weighted by molar-refractivity contribution is 5.73. The maximum atomic E-state index is 10.9. The van der Waals surface area contributed by atoms with Crippen molar-refractivity contribution in [1.82, 2.24) is 0 Å². The van der Waals surface area contributed by atoms with Crippen molar-refractivity contribution in [3.05, 3.63) is 0 Å². The molecule has 1 rings (SSSR count). The first-order valence-electron chi connectivity index (χ1n) is 5.12. The number of carboxylic acid groups (broad SMARTS) is 1. The second kappa shape index (κ2) is 4.09. The quantitative estimate of drug-likeness (QED) is 0.598. The number of aliphatic carboxylic acids is 1. The van der Waals surface area contributed by atoms with Gasteiger partial charge < -0.3 is 14.8 Å². The van der Waals surface area contributed by atoms with E-state index >= 15 is 0 Å². The summed E-state index contributed by atoms with van der Waals surface area (Å²) >= 11 is 0. The molecule has 3 heteroatoms. The van der Waals surface area contributed by atoms with Crippen molar-refractivity contribution in [1.29, 1.82) is 0 Å². The van der Waals surface area contributed by atoms with E-state index in [-0.39, 0.29) is 0 Å². The van der Waals surface area contributed by atoms with Crippen molar-refractivity contribution >= 4 is 5.97 Å². The highest BCUT2D eigenvalue weighted by Gasteiger charge is 2.32. The van der Waals surface area contributed by atoms with Gasteiger partial charge in [-0.3, -0.25) is 0 Å². The third kappa shape index (κ3) is 2.44. The van der Waals surface area contributed by atoms with Gasteiger partial charge in [0.25, 0.3) is 0 Å². The van der Waals surface area contributed by atoms with Crippen molar-refractivity contribution < 1.29 is 14.8 Å². The standard InChI is InChI=1S/C10H19NO2/c1-10(2,9(12)13)11-7-5-3-4-6-8-11/h3-8H2,1-2H3,(H,12,13). The van der Waals surface area contributed by atoms with Gasteiger partial charge in [0.15, 0.2) is 0 Å². The van der Waals surface area contributed by atoms with Crippen molar-refractivity contribution in [3.8, 4) is 0 Å². The van der Waals surface area contributed by atoms with Gasteiger partial charge in [-0.2, -0.15) is 0 Å². The minimum Gasteiger partial charge on any atom is -0.544 e. The van der Waals surface area contributed by atoms with Gasteiger partial charge in [-0.15, -0.1) is 0 Å². The molecule has 13 heavy (non-hydrogen) atoms. The summed E-state index contributed by atoms with van der Waals surface area (Å²) in [7, 11) is 0. The molecule has 0 aromatic heterocycles. The molecule has 0 amide bonds. The predicted octanol–water partition coefficient (Wildman–Crippen LogP) is -1.03. The molecule has 0 bridgehead atoms. The number of carboxylic acids is 1. The minimum absolute atomic E-state index is 0.718. The Labute approximate surface area is 79.7 Å². The molecule has 1 saturated heterocycles. The fourth-order valence-electron chi connectivity index (χ4n) is 1.92. The topological polar surface area (TPSA) is 44.6 Å². The molecule has 1 aliphatic heterocycles. The summed E-state index contributed by atoms with van der Waals surface area (Å²) in [4.78, 5) is 12.1. The van der Waals surface area contributed by atoms with Gasteiger partial charge in [-0.1, -0.05) is 0 Å². The molecular formula is C10H19NO2. The van der Waals surface area contributed by atoms with E-state index in [1.807, 2.05) is 0 Å². The molecular weight excluding hydrogens is 166 g/mol. The fourth-order valence-corrected chi connectivity index (χ4v) is 1.92. The SMILES string of the molecule is CC(C)(C(=O)[O-])[NH+]1CCCCCC1. The van der Waals surface area contributed by atoms with Gasteiger partial charge in [0.2, 0.25) is 0 Å². The molecule has 1 N–H and O–H groups in total. The molecule has 0 aliphatic carbocycles. The minimum atomic E-state index is -0.926. The lowest BCUT2D eigenvalue weighted by Gasteiger charge is -2.35. The Morgan fingerprint density at radius 2 is 1.62 bits per heavy atom. The summed E-state index contributed by atoms with van der Waals surface area (Å²) in [5.41, 5.74) is -0.718. The summed E-state index contributed by atoms with van der Waals surface area (Å²) in [5, 5.41) is 10.9. The van der Waals surface area contributed by atoms with Crippen molar-refractivity contribution in [3.63, 3.8) is 0 Å². The molecule has 0 aromatic carbocycles. The molecule has 1 fully saturated rings. The zero-order valence-electron chi connectivity index (χ0n) is 8.56. The largest absolute Gasteiger partial charge is 0.544 e. The van der Waals surface area contributed by atoms with Crippen LogP contribution in [0.1, 0.15) is 39.5 Å². The molecule has 0 spiro atoms. The van der Waals surface area contributed by atoms with Crippen LogP contribution in [0.4, 0.5) is 0 Å². The summed E-state index contributed by atoms with van der Waals surface area (Å²) in [6.45, 7) is 5.48. The van der Waals surface area contributed by atoms with Crippen molar-refractivity contribution in [2.24, 2.45) is 0 Å². The van der Waals surface area contributed by atoms with Crippen LogP contribution in [0.3, 0.4) is 0 Å². The fraction of sp³-hybridized carbons (Fsp3) is 0.900. The van der Waals surface area contributed by atoms with E-state index < -0.39 is 11.5 Å². The molecule has 0 atom stereocenters. The maximum Gasteiger partial charge on any atom is 0.132 e. The van der Waals surface area contributed by atoms with E-state index in [0.717, 1.165) is 25.9 Å². The number of nitrogens with one attached hydrogen (secondary N) is 1. The van der Waals surface area contributed by atoms with Gasteiger partial charge in [0, 0.05) is 0 Å². The molecule has 0 saturated carbocycles. The summed E-state index contributed by atoms with van der Waals surface area (Å²) in [6, 6.07) is 0. The maximum absolute atomic E-state index is 10.9. The van der Waals surface area contributed by atoms with E-state index in [4.69, 9.17) is 0 Å². The Balaban J connectivity index is 2.62. The predicted molar refractivity (Wildman–Crippen MR) is 48.3 cm³/mol. The normalized spacial score (nSPS) is 21.1. The van der Waals surface area contributed by atoms with Gasteiger partial charge >= 0.3 is 0 Å². The van der Waals surface area contributed by atoms with Gasteiger partial charge in [-0.25, -0.2) is 0 Å². The molecule has 0 radical (unpaired) electrons.